The largest absolute Gasteiger partial charge is 0.507 e. The second-order valence-corrected chi connectivity index (χ2v) is 7.65. The van der Waals surface area contributed by atoms with Crippen molar-refractivity contribution in [2.75, 3.05) is 4.90 Å². The van der Waals surface area contributed by atoms with Crippen molar-refractivity contribution >= 4 is 75.1 Å². The van der Waals surface area contributed by atoms with Crippen molar-refractivity contribution in [3.05, 3.63) is 62.5 Å². The molecule has 0 spiro atoms. The summed E-state index contributed by atoms with van der Waals surface area (Å²) < 4.78 is 0.228. The number of thioether (sulfide) groups is 1. The van der Waals surface area contributed by atoms with Gasteiger partial charge in [0, 0.05) is 15.6 Å². The third kappa shape index (κ3) is 3.43. The minimum Gasteiger partial charge on any atom is -0.507 e. The number of aromatic carboxylic acids is 1. The van der Waals surface area contributed by atoms with E-state index in [1.54, 1.807) is 24.3 Å². The van der Waals surface area contributed by atoms with Crippen molar-refractivity contribution in [2.24, 2.45) is 0 Å². The first kappa shape index (κ1) is 18.7. The van der Waals surface area contributed by atoms with Crippen LogP contribution in [0.2, 0.25) is 10.0 Å². The summed E-state index contributed by atoms with van der Waals surface area (Å²) in [5.41, 5.74) is 0.416. The molecule has 1 heterocycles. The van der Waals surface area contributed by atoms with Gasteiger partial charge in [0.05, 0.1) is 10.6 Å². The van der Waals surface area contributed by atoms with Gasteiger partial charge in [0.25, 0.3) is 5.91 Å². The lowest BCUT2D eigenvalue weighted by molar-refractivity contribution is -0.113. The Balaban J connectivity index is 2.02. The molecule has 0 atom stereocenters. The summed E-state index contributed by atoms with van der Waals surface area (Å²) in [4.78, 5) is 25.5. The lowest BCUT2D eigenvalue weighted by atomic mass is 10.1. The van der Waals surface area contributed by atoms with E-state index in [1.165, 1.54) is 23.1 Å². The molecule has 0 bridgehead atoms. The average Bonchev–Trinajstić information content (AvgIpc) is 2.85. The van der Waals surface area contributed by atoms with Crippen molar-refractivity contribution in [3.63, 3.8) is 0 Å². The van der Waals surface area contributed by atoms with Crippen molar-refractivity contribution in [1.82, 2.24) is 0 Å². The number of carbonyl (C=O) groups excluding carboxylic acids is 1. The Hall–Kier alpha value is -2.06. The topological polar surface area (TPSA) is 77.8 Å². The zero-order valence-electron chi connectivity index (χ0n) is 12.8. The molecule has 2 aromatic carbocycles. The van der Waals surface area contributed by atoms with Crippen LogP contribution in [0.3, 0.4) is 0 Å². The SMILES string of the molecule is O=C(O)c1cc(N2C(=O)/C(=C/c3c(Cl)cccc3Cl)SC2=S)ccc1O. The van der Waals surface area contributed by atoms with Gasteiger partial charge in [-0.2, -0.15) is 0 Å². The van der Waals surface area contributed by atoms with Gasteiger partial charge < -0.3 is 10.2 Å². The summed E-state index contributed by atoms with van der Waals surface area (Å²) in [6, 6.07) is 8.80. The molecule has 2 aromatic rings. The van der Waals surface area contributed by atoms with Crippen molar-refractivity contribution < 1.29 is 19.8 Å². The van der Waals surface area contributed by atoms with Gasteiger partial charge >= 0.3 is 5.97 Å². The molecule has 26 heavy (non-hydrogen) atoms. The Morgan fingerprint density at radius 3 is 2.46 bits per heavy atom. The third-order valence-electron chi connectivity index (χ3n) is 3.54. The van der Waals surface area contributed by atoms with Gasteiger partial charge in [-0.25, -0.2) is 4.79 Å². The molecular weight excluding hydrogens is 417 g/mol. The zero-order valence-corrected chi connectivity index (χ0v) is 15.9. The van der Waals surface area contributed by atoms with Crippen LogP contribution in [0.5, 0.6) is 5.75 Å². The molecule has 1 aliphatic rings. The Morgan fingerprint density at radius 2 is 1.85 bits per heavy atom. The standard InChI is InChI=1S/C17H9Cl2NO4S2/c18-11-2-1-3-12(19)9(11)7-14-15(22)20(17(25)26-14)8-4-5-13(21)10(6-8)16(23)24/h1-7,21H,(H,23,24)/b14-7-. The Bertz CT molecular complexity index is 970. The monoisotopic (exact) mass is 425 g/mol. The zero-order chi connectivity index (χ0) is 19.0. The first-order valence-corrected chi connectivity index (χ1v) is 9.06. The number of thiocarbonyl (C=S) groups is 1. The molecule has 2 N–H and O–H groups in total. The second kappa shape index (κ2) is 7.28. The van der Waals surface area contributed by atoms with E-state index < -0.39 is 17.6 Å². The maximum atomic E-state index is 12.8. The first-order chi connectivity index (χ1) is 12.3. The van der Waals surface area contributed by atoms with Gasteiger partial charge in [-0.3, -0.25) is 9.69 Å². The molecule has 0 unspecified atom stereocenters. The Morgan fingerprint density at radius 1 is 1.19 bits per heavy atom. The van der Waals surface area contributed by atoms with Crippen molar-refractivity contribution in [2.45, 2.75) is 0 Å². The highest BCUT2D eigenvalue weighted by molar-refractivity contribution is 8.27. The molecule has 0 aromatic heterocycles. The first-order valence-electron chi connectivity index (χ1n) is 7.08. The van der Waals surface area contributed by atoms with Crippen LogP contribution < -0.4 is 4.90 Å². The number of nitrogens with zero attached hydrogens (tertiary/aromatic N) is 1. The summed E-state index contributed by atoms with van der Waals surface area (Å²) in [7, 11) is 0. The van der Waals surface area contributed by atoms with Crippen LogP contribution in [0.1, 0.15) is 15.9 Å². The Labute approximate surface area is 167 Å². The van der Waals surface area contributed by atoms with Crippen LogP contribution in [-0.2, 0) is 4.79 Å². The normalized spacial score (nSPS) is 15.8. The number of amides is 1. The molecule has 0 saturated carbocycles. The molecule has 3 rings (SSSR count). The summed E-state index contributed by atoms with van der Waals surface area (Å²) >= 11 is 18.6. The van der Waals surface area contributed by atoms with E-state index in [1.807, 2.05) is 0 Å². The number of rotatable bonds is 3. The molecule has 0 radical (unpaired) electrons. The van der Waals surface area contributed by atoms with Crippen LogP contribution >= 0.6 is 47.2 Å². The summed E-state index contributed by atoms with van der Waals surface area (Å²) in [5, 5.41) is 19.5. The van der Waals surface area contributed by atoms with Crippen LogP contribution in [0.25, 0.3) is 6.08 Å². The summed E-state index contributed by atoms with van der Waals surface area (Å²) in [5.74, 6) is -2.14. The maximum absolute atomic E-state index is 12.8. The van der Waals surface area contributed by atoms with Crippen LogP contribution in [0.15, 0.2) is 41.3 Å². The number of hydrogen-bond acceptors (Lipinski definition) is 5. The number of anilines is 1. The fourth-order valence-corrected chi connectivity index (χ4v) is 4.09. The predicted octanol–water partition coefficient (Wildman–Crippen LogP) is 4.80. The summed E-state index contributed by atoms with van der Waals surface area (Å²) in [6.07, 6.45) is 1.54. The van der Waals surface area contributed by atoms with Crippen LogP contribution in [0.4, 0.5) is 5.69 Å². The Kier molecular flexibility index (Phi) is 5.24. The van der Waals surface area contributed by atoms with E-state index in [2.05, 4.69) is 0 Å². The number of phenols is 1. The van der Waals surface area contributed by atoms with E-state index in [0.717, 1.165) is 11.8 Å². The quantitative estimate of drug-likeness (QED) is 0.542. The number of carboxylic acid groups (broad SMARTS) is 1. The second-order valence-electron chi connectivity index (χ2n) is 5.16. The van der Waals surface area contributed by atoms with Gasteiger partial charge in [-0.15, -0.1) is 0 Å². The molecule has 5 nitrogen and oxygen atoms in total. The fraction of sp³-hybridized carbons (Fsp3) is 0. The van der Waals surface area contributed by atoms with Crippen LogP contribution in [-0.4, -0.2) is 26.4 Å². The number of hydrogen-bond donors (Lipinski definition) is 2. The molecular formula is C17H9Cl2NO4S2. The average molecular weight is 426 g/mol. The van der Waals surface area contributed by atoms with Gasteiger partial charge in [0.2, 0.25) is 0 Å². The van der Waals surface area contributed by atoms with Crippen molar-refractivity contribution in [1.29, 1.82) is 0 Å². The van der Waals surface area contributed by atoms with E-state index in [4.69, 9.17) is 40.5 Å². The highest BCUT2D eigenvalue weighted by atomic mass is 35.5. The molecule has 1 saturated heterocycles. The maximum Gasteiger partial charge on any atom is 0.339 e. The number of aromatic hydroxyl groups is 1. The number of benzene rings is 2. The van der Waals surface area contributed by atoms with Crippen LogP contribution in [0, 0.1) is 0 Å². The van der Waals surface area contributed by atoms with Crippen molar-refractivity contribution in [3.8, 4) is 5.75 Å². The lowest BCUT2D eigenvalue weighted by Gasteiger charge is -2.15. The van der Waals surface area contributed by atoms with Gasteiger partial charge in [0.1, 0.15) is 11.3 Å². The minimum absolute atomic E-state index is 0.228. The number of carboxylic acids is 1. The molecule has 9 heteroatoms. The summed E-state index contributed by atoms with van der Waals surface area (Å²) in [6.45, 7) is 0. The predicted molar refractivity (Wildman–Crippen MR) is 107 cm³/mol. The number of carbonyl (C=O) groups is 2. The van der Waals surface area contributed by atoms with Gasteiger partial charge in [-0.1, -0.05) is 53.2 Å². The van der Waals surface area contributed by atoms with Gasteiger partial charge in [0.15, 0.2) is 4.32 Å². The lowest BCUT2D eigenvalue weighted by Crippen LogP contribution is -2.27. The fourth-order valence-electron chi connectivity index (χ4n) is 2.30. The van der Waals surface area contributed by atoms with E-state index >= 15 is 0 Å². The highest BCUT2D eigenvalue weighted by Gasteiger charge is 2.34. The molecule has 132 valence electrons. The highest BCUT2D eigenvalue weighted by Crippen LogP contribution is 2.39. The third-order valence-corrected chi connectivity index (χ3v) is 5.50. The molecule has 1 aliphatic heterocycles. The number of halogens is 2. The van der Waals surface area contributed by atoms with E-state index in [-0.39, 0.29) is 15.6 Å². The molecule has 0 aliphatic carbocycles. The van der Waals surface area contributed by atoms with E-state index in [9.17, 15) is 14.7 Å². The molecule has 1 amide bonds. The molecule has 1 fully saturated rings. The van der Waals surface area contributed by atoms with E-state index in [0.29, 0.717) is 20.5 Å². The van der Waals surface area contributed by atoms with Gasteiger partial charge in [-0.05, 0) is 36.4 Å². The minimum atomic E-state index is -1.31. The smallest absolute Gasteiger partial charge is 0.339 e.